The molecule has 0 atom stereocenters. The van der Waals surface area contributed by atoms with Gasteiger partial charge in [-0.05, 0) is 61.9 Å². The fourth-order valence-corrected chi connectivity index (χ4v) is 6.09. The van der Waals surface area contributed by atoms with Gasteiger partial charge in [0, 0.05) is 4.90 Å². The van der Waals surface area contributed by atoms with Gasteiger partial charge in [-0.1, -0.05) is 30.7 Å². The second-order valence-electron chi connectivity index (χ2n) is 9.84. The van der Waals surface area contributed by atoms with Gasteiger partial charge in [-0.2, -0.15) is 24.2 Å². The maximum Gasteiger partial charge on any atom is 1.00 e. The third kappa shape index (κ3) is 13.1. The smallest absolute Gasteiger partial charge is 0.744 e. The van der Waals surface area contributed by atoms with E-state index in [4.69, 9.17) is 11.2 Å². The van der Waals surface area contributed by atoms with E-state index in [2.05, 4.69) is 24.3 Å². The Morgan fingerprint density at radius 2 is 1.62 bits per heavy atom. The van der Waals surface area contributed by atoms with Gasteiger partial charge in [0.15, 0.2) is 11.4 Å². The molecule has 272 valence electrons. The SMILES string of the molecule is C#COC(=O)C1=NN(c2cc(C)ccc2S(=O)(=O)[O-])C(=O)/C1=C\C=CC=Cc1c(C(=O)OCC)nn(-c2cc(SOO[O-])ccc2S(=O)(=O)[O-])c1O.[K+].[K+].[K+]. The number of esters is 2. The van der Waals surface area contributed by atoms with Gasteiger partial charge in [-0.3, -0.25) is 9.83 Å². The third-order valence-corrected chi connectivity index (χ3v) is 8.87. The molecule has 55 heavy (non-hydrogen) atoms. The van der Waals surface area contributed by atoms with E-state index in [-0.39, 0.29) is 171 Å². The number of aryl methyl sites for hydroxylation is 1. The topological polar surface area (TPSA) is 279 Å². The minimum absolute atomic E-state index is 0. The van der Waals surface area contributed by atoms with Crippen LogP contribution in [0.15, 0.2) is 86.1 Å². The summed E-state index contributed by atoms with van der Waals surface area (Å²) in [7, 11) is -10.3. The molecule has 0 spiro atoms. The van der Waals surface area contributed by atoms with Crippen molar-refractivity contribution in [2.75, 3.05) is 11.6 Å². The molecular weight excluding hydrogens is 870 g/mol. The number of nitrogens with zero attached hydrogens (tertiary/aromatic N) is 4. The fraction of sp³-hybridized carbons (Fsp3) is 0.100. The fourth-order valence-electron chi connectivity index (χ4n) is 4.42. The normalized spacial score (nSPS) is 13.5. The van der Waals surface area contributed by atoms with Gasteiger partial charge in [0.2, 0.25) is 5.88 Å². The van der Waals surface area contributed by atoms with Gasteiger partial charge in [-0.15, -0.1) is 0 Å². The van der Waals surface area contributed by atoms with E-state index in [1.807, 2.05) is 0 Å². The van der Waals surface area contributed by atoms with Crippen LogP contribution in [0, 0.1) is 19.5 Å². The number of carbonyl (C=O) groups excluding carboxylic acids is 3. The van der Waals surface area contributed by atoms with Gasteiger partial charge in [-0.25, -0.2) is 26.4 Å². The van der Waals surface area contributed by atoms with Crippen molar-refractivity contribution in [1.29, 1.82) is 0 Å². The Labute approximate surface area is 445 Å². The summed E-state index contributed by atoms with van der Waals surface area (Å²) >= 11 is 0.326. The number of terminal acetylenes is 1. The number of anilines is 1. The number of allylic oxidation sites excluding steroid dienone is 4. The summed E-state index contributed by atoms with van der Waals surface area (Å²) in [5, 5.41) is 32.9. The zero-order valence-electron chi connectivity index (χ0n) is 29.3. The third-order valence-electron chi connectivity index (χ3n) is 6.53. The maximum atomic E-state index is 13.4. The molecule has 0 saturated carbocycles. The minimum atomic E-state index is -5.20. The molecular formula is C30H21K3N4O15S3. The Balaban J connectivity index is 0.00000504. The first-order valence-electron chi connectivity index (χ1n) is 14.0. The van der Waals surface area contributed by atoms with E-state index >= 15 is 0 Å². The number of aromatic nitrogens is 2. The summed E-state index contributed by atoms with van der Waals surface area (Å²) in [5.41, 5.74) is -2.52. The molecule has 4 rings (SSSR count). The van der Waals surface area contributed by atoms with Crippen molar-refractivity contribution in [2.24, 2.45) is 5.10 Å². The molecule has 0 radical (unpaired) electrons. The maximum absolute atomic E-state index is 13.4. The van der Waals surface area contributed by atoms with E-state index in [1.54, 1.807) is 13.0 Å². The average Bonchev–Trinajstić information content (AvgIpc) is 3.58. The number of hydrazone groups is 1. The van der Waals surface area contributed by atoms with Crippen LogP contribution in [0.5, 0.6) is 5.88 Å². The molecule has 25 heteroatoms. The number of benzene rings is 2. The monoisotopic (exact) mass is 890 g/mol. The van der Waals surface area contributed by atoms with Crippen molar-refractivity contribution in [3.05, 3.63) is 83.1 Å². The molecule has 0 fully saturated rings. The summed E-state index contributed by atoms with van der Waals surface area (Å²) in [6.45, 7) is 2.89. The van der Waals surface area contributed by atoms with Crippen molar-refractivity contribution >= 4 is 67.6 Å². The standard InChI is InChI=1S/C30H24N4O15S3.3K/c1-4-46-29(37)25-19(27(35)33(31-25)21-15-17(3)11-13-23(21)51(40,41)42)9-7-6-8-10-20-26(30(38)47-5-2)32-34(28(20)36)22-16-18(50-49-48-39)12-14-24(22)52(43,44)45;;;/h1,6-16,36,39H,5H2,2-3H3,(H,40,41,42)(H,43,44,45);;;/q;3*+1/p-3/b7-6?,10-8?,19-9-;;;. The predicted molar refractivity (Wildman–Crippen MR) is 172 cm³/mol. The second-order valence-corrected chi connectivity index (χ2v) is 13.3. The van der Waals surface area contributed by atoms with Gasteiger partial charge in [0.05, 0.1) is 51.0 Å². The molecule has 0 aliphatic carbocycles. The Kier molecular flexibility index (Phi) is 22.0. The Morgan fingerprint density at radius 1 is 0.982 bits per heavy atom. The van der Waals surface area contributed by atoms with Gasteiger partial charge >= 0.3 is 166 Å². The van der Waals surface area contributed by atoms with Crippen LogP contribution in [-0.4, -0.2) is 71.0 Å². The van der Waals surface area contributed by atoms with E-state index in [0.717, 1.165) is 36.4 Å². The van der Waals surface area contributed by atoms with Crippen LogP contribution in [0.3, 0.4) is 0 Å². The van der Waals surface area contributed by atoms with E-state index in [1.165, 1.54) is 37.3 Å². The van der Waals surface area contributed by atoms with Crippen molar-refractivity contribution in [1.82, 2.24) is 9.78 Å². The number of hydrogen-bond acceptors (Lipinski definition) is 18. The van der Waals surface area contributed by atoms with Crippen molar-refractivity contribution < 1.29 is 224 Å². The second kappa shape index (κ2) is 23.2. The van der Waals surface area contributed by atoms with Gasteiger partial charge < -0.3 is 28.9 Å². The number of amides is 1. The first-order chi connectivity index (χ1) is 24.5. The quantitative estimate of drug-likeness (QED) is 0.0192. The number of rotatable bonds is 13. The molecule has 3 aromatic rings. The molecule has 1 aliphatic rings. The molecule has 19 nitrogen and oxygen atoms in total. The average molecular weight is 891 g/mol. The van der Waals surface area contributed by atoms with Crippen LogP contribution < -0.4 is 164 Å². The summed E-state index contributed by atoms with van der Waals surface area (Å²) in [5.74, 6) is -4.23. The zero-order chi connectivity index (χ0) is 38.4. The molecule has 2 aromatic carbocycles. The Morgan fingerprint density at radius 3 is 2.22 bits per heavy atom. The molecule has 0 unspecified atom stereocenters. The Hall–Kier alpha value is -0.731. The van der Waals surface area contributed by atoms with Crippen LogP contribution in [0.4, 0.5) is 5.69 Å². The van der Waals surface area contributed by atoms with Crippen LogP contribution in [0.2, 0.25) is 0 Å². The van der Waals surface area contributed by atoms with Crippen LogP contribution in [0.1, 0.15) is 28.5 Å². The van der Waals surface area contributed by atoms with E-state index < -0.39 is 82.1 Å². The van der Waals surface area contributed by atoms with Crippen molar-refractivity contribution in [3.63, 3.8) is 0 Å². The molecule has 1 N–H and O–H groups in total. The largest absolute Gasteiger partial charge is 1.00 e. The zero-order valence-corrected chi connectivity index (χ0v) is 41.1. The number of aromatic hydroxyl groups is 1. The first kappa shape index (κ1) is 52.3. The minimum Gasteiger partial charge on any atom is -0.744 e. The van der Waals surface area contributed by atoms with Crippen molar-refractivity contribution in [2.45, 2.75) is 28.5 Å². The summed E-state index contributed by atoms with van der Waals surface area (Å²) < 4.78 is 86.0. The van der Waals surface area contributed by atoms with E-state index in [9.17, 15) is 50.7 Å². The molecule has 1 aromatic heterocycles. The Bertz CT molecular complexity index is 2350. The van der Waals surface area contributed by atoms with E-state index in [0.29, 0.717) is 27.3 Å². The summed E-state index contributed by atoms with van der Waals surface area (Å²) in [6, 6.07) is 6.40. The number of carbonyl (C=O) groups is 3. The van der Waals surface area contributed by atoms with Crippen LogP contribution >= 0.6 is 12.0 Å². The van der Waals surface area contributed by atoms with Crippen LogP contribution in [0.25, 0.3) is 11.8 Å². The number of hydrogen-bond donors (Lipinski definition) is 1. The predicted octanol–water partition coefficient (Wildman–Crippen LogP) is -7.85. The number of ether oxygens (including phenoxy) is 2. The summed E-state index contributed by atoms with van der Waals surface area (Å²) in [4.78, 5) is 37.1. The molecule has 2 heterocycles. The summed E-state index contributed by atoms with van der Waals surface area (Å²) in [6.07, 6.45) is 12.5. The van der Waals surface area contributed by atoms with Gasteiger partial charge in [0.25, 0.3) is 5.91 Å². The van der Waals surface area contributed by atoms with Crippen LogP contribution in [-0.2, 0) is 48.7 Å². The first-order valence-corrected chi connectivity index (χ1v) is 17.5. The molecule has 1 amide bonds. The molecule has 0 bridgehead atoms. The van der Waals surface area contributed by atoms with Gasteiger partial charge in [0.1, 0.15) is 26.3 Å². The molecule has 1 aliphatic heterocycles. The molecule has 0 saturated heterocycles. The van der Waals surface area contributed by atoms with Crippen molar-refractivity contribution in [3.8, 4) is 24.1 Å².